The largest absolute Gasteiger partial charge is 0.479 e. The highest BCUT2D eigenvalue weighted by molar-refractivity contribution is 9.10. The van der Waals surface area contributed by atoms with E-state index in [2.05, 4.69) is 20.7 Å². The number of aliphatic carboxylic acids is 1. The summed E-state index contributed by atoms with van der Waals surface area (Å²) in [6, 6.07) is 1.97. The first kappa shape index (κ1) is 10.9. The summed E-state index contributed by atoms with van der Waals surface area (Å²) in [5, 5.41) is 8.23. The van der Waals surface area contributed by atoms with Gasteiger partial charge in [0.1, 0.15) is 0 Å². The smallest absolute Gasteiger partial charge is 0.341 e. The zero-order valence-corrected chi connectivity index (χ0v) is 8.35. The van der Waals surface area contributed by atoms with Crippen LogP contribution in [0, 0.1) is 11.6 Å². The van der Waals surface area contributed by atoms with Gasteiger partial charge in [0.25, 0.3) is 0 Å². The number of hydrogen-bond acceptors (Lipinski definition) is 2. The lowest BCUT2D eigenvalue weighted by Crippen LogP contribution is -2.11. The first-order valence-electron chi connectivity index (χ1n) is 3.50. The molecule has 76 valence electrons. The average molecular weight is 267 g/mol. The molecular weight excluding hydrogens is 262 g/mol. The Labute approximate surface area is 86.4 Å². The van der Waals surface area contributed by atoms with Crippen LogP contribution in [0.15, 0.2) is 16.6 Å². The van der Waals surface area contributed by atoms with Crippen LogP contribution in [-0.4, -0.2) is 17.7 Å². The molecule has 0 amide bonds. The molecule has 0 fully saturated rings. The third-order valence-electron chi connectivity index (χ3n) is 1.30. The van der Waals surface area contributed by atoms with Gasteiger partial charge < -0.3 is 9.84 Å². The molecule has 1 N–H and O–H groups in total. The summed E-state index contributed by atoms with van der Waals surface area (Å²) >= 11 is 2.88. The van der Waals surface area contributed by atoms with Crippen LogP contribution in [0.25, 0.3) is 0 Å². The minimum Gasteiger partial charge on any atom is -0.479 e. The van der Waals surface area contributed by atoms with Gasteiger partial charge in [-0.1, -0.05) is 15.9 Å². The lowest BCUT2D eigenvalue weighted by Gasteiger charge is -2.05. The molecule has 3 nitrogen and oxygen atoms in total. The second-order valence-corrected chi connectivity index (χ2v) is 3.30. The maximum absolute atomic E-state index is 13.0. The number of halogens is 3. The van der Waals surface area contributed by atoms with Crippen LogP contribution in [-0.2, 0) is 4.79 Å². The fourth-order valence-electron chi connectivity index (χ4n) is 0.801. The number of carboxylic acid groups (broad SMARTS) is 1. The van der Waals surface area contributed by atoms with Crippen molar-refractivity contribution in [3.63, 3.8) is 0 Å². The Bertz CT molecular complexity index is 345. The predicted molar refractivity (Wildman–Crippen MR) is 47.2 cm³/mol. The van der Waals surface area contributed by atoms with Gasteiger partial charge in [0.2, 0.25) is 0 Å². The maximum Gasteiger partial charge on any atom is 0.341 e. The molecule has 0 heterocycles. The lowest BCUT2D eigenvalue weighted by atomic mass is 10.3. The van der Waals surface area contributed by atoms with Crippen LogP contribution >= 0.6 is 15.9 Å². The molecule has 0 spiro atoms. The van der Waals surface area contributed by atoms with E-state index in [1.165, 1.54) is 0 Å². The summed E-state index contributed by atoms with van der Waals surface area (Å²) in [4.78, 5) is 10.1. The Morgan fingerprint density at radius 2 is 1.93 bits per heavy atom. The summed E-state index contributed by atoms with van der Waals surface area (Å²) in [7, 11) is 0. The van der Waals surface area contributed by atoms with Crippen molar-refractivity contribution in [2.75, 3.05) is 6.61 Å². The molecule has 0 saturated carbocycles. The molecule has 0 radical (unpaired) electrons. The minimum absolute atomic E-state index is 0.218. The Morgan fingerprint density at radius 3 is 2.36 bits per heavy atom. The van der Waals surface area contributed by atoms with Crippen molar-refractivity contribution in [3.8, 4) is 5.75 Å². The number of hydrogen-bond donors (Lipinski definition) is 1. The van der Waals surface area contributed by atoms with E-state index in [4.69, 9.17) is 5.11 Å². The van der Waals surface area contributed by atoms with E-state index >= 15 is 0 Å². The van der Waals surface area contributed by atoms with Gasteiger partial charge in [-0.2, -0.15) is 0 Å². The normalized spacial score (nSPS) is 9.93. The first-order chi connectivity index (χ1) is 6.50. The van der Waals surface area contributed by atoms with Crippen LogP contribution in [0.5, 0.6) is 5.75 Å². The fraction of sp³-hybridized carbons (Fsp3) is 0.125. The van der Waals surface area contributed by atoms with Gasteiger partial charge in [-0.05, 0) is 12.1 Å². The number of carbonyl (C=O) groups is 1. The van der Waals surface area contributed by atoms with Crippen molar-refractivity contribution in [1.29, 1.82) is 0 Å². The van der Waals surface area contributed by atoms with Crippen molar-refractivity contribution in [3.05, 3.63) is 28.2 Å². The molecule has 0 aliphatic rings. The second kappa shape index (κ2) is 4.36. The van der Waals surface area contributed by atoms with Crippen LogP contribution in [0.4, 0.5) is 8.78 Å². The summed E-state index contributed by atoms with van der Waals surface area (Å²) in [5.41, 5.74) is 0. The zero-order chi connectivity index (χ0) is 10.7. The molecule has 0 saturated heterocycles. The highest BCUT2D eigenvalue weighted by Crippen LogP contribution is 2.25. The predicted octanol–water partition coefficient (Wildman–Crippen LogP) is 2.19. The molecule has 0 aromatic heterocycles. The number of benzene rings is 1. The van der Waals surface area contributed by atoms with Crippen molar-refractivity contribution in [1.82, 2.24) is 0 Å². The van der Waals surface area contributed by atoms with Gasteiger partial charge in [0.05, 0.1) is 0 Å². The van der Waals surface area contributed by atoms with Crippen LogP contribution < -0.4 is 4.74 Å². The molecule has 0 bridgehead atoms. The van der Waals surface area contributed by atoms with E-state index in [1.807, 2.05) is 0 Å². The first-order valence-corrected chi connectivity index (χ1v) is 4.29. The molecular formula is C8H5BrF2O3. The van der Waals surface area contributed by atoms with Crippen LogP contribution in [0.3, 0.4) is 0 Å². The zero-order valence-electron chi connectivity index (χ0n) is 6.76. The van der Waals surface area contributed by atoms with Crippen molar-refractivity contribution < 1.29 is 23.4 Å². The molecule has 14 heavy (non-hydrogen) atoms. The summed E-state index contributed by atoms with van der Waals surface area (Å²) < 4.78 is 30.6. The standard InChI is InChI=1S/C8H5BrF2O3/c9-4-1-5(10)8(6(11)2-4)14-3-7(12)13/h1-2H,3H2,(H,12,13). The van der Waals surface area contributed by atoms with Crippen LogP contribution in [0.1, 0.15) is 0 Å². The molecule has 6 heteroatoms. The Morgan fingerprint density at radius 1 is 1.43 bits per heavy atom. The molecule has 1 aromatic carbocycles. The van der Waals surface area contributed by atoms with Crippen molar-refractivity contribution in [2.45, 2.75) is 0 Å². The minimum atomic E-state index is -1.30. The van der Waals surface area contributed by atoms with E-state index in [1.54, 1.807) is 0 Å². The molecule has 1 rings (SSSR count). The quantitative estimate of drug-likeness (QED) is 0.913. The van der Waals surface area contributed by atoms with Gasteiger partial charge in [-0.15, -0.1) is 0 Å². The second-order valence-electron chi connectivity index (χ2n) is 2.38. The van der Waals surface area contributed by atoms with E-state index in [9.17, 15) is 13.6 Å². The molecule has 1 aromatic rings. The van der Waals surface area contributed by atoms with Crippen molar-refractivity contribution >= 4 is 21.9 Å². The summed E-state index contributed by atoms with van der Waals surface area (Å²) in [6.45, 7) is -0.782. The third kappa shape index (κ3) is 2.66. The van der Waals surface area contributed by atoms with Gasteiger partial charge >= 0.3 is 5.97 Å². The molecule has 0 unspecified atom stereocenters. The fourth-order valence-corrected chi connectivity index (χ4v) is 1.20. The van der Waals surface area contributed by atoms with Gasteiger partial charge in [0.15, 0.2) is 24.0 Å². The molecule has 0 aliphatic heterocycles. The number of ether oxygens (including phenoxy) is 1. The van der Waals surface area contributed by atoms with E-state index in [-0.39, 0.29) is 4.47 Å². The van der Waals surface area contributed by atoms with Gasteiger partial charge in [-0.25, -0.2) is 13.6 Å². The third-order valence-corrected chi connectivity index (χ3v) is 1.76. The van der Waals surface area contributed by atoms with Crippen LogP contribution in [0.2, 0.25) is 0 Å². The maximum atomic E-state index is 13.0. The summed E-state index contributed by atoms with van der Waals surface area (Å²) in [6.07, 6.45) is 0. The highest BCUT2D eigenvalue weighted by atomic mass is 79.9. The Balaban J connectivity index is 2.91. The average Bonchev–Trinajstić information content (AvgIpc) is 2.01. The lowest BCUT2D eigenvalue weighted by molar-refractivity contribution is -0.139. The highest BCUT2D eigenvalue weighted by Gasteiger charge is 2.12. The number of carboxylic acids is 1. The van der Waals surface area contributed by atoms with E-state index in [0.717, 1.165) is 12.1 Å². The number of rotatable bonds is 3. The summed E-state index contributed by atoms with van der Waals surface area (Å²) in [5.74, 6) is -3.88. The molecule has 0 atom stereocenters. The van der Waals surface area contributed by atoms with E-state index < -0.39 is 30.0 Å². The Hall–Kier alpha value is -1.17. The Kier molecular flexibility index (Phi) is 3.40. The van der Waals surface area contributed by atoms with E-state index in [0.29, 0.717) is 0 Å². The monoisotopic (exact) mass is 266 g/mol. The van der Waals surface area contributed by atoms with Crippen molar-refractivity contribution in [2.24, 2.45) is 0 Å². The van der Waals surface area contributed by atoms with Gasteiger partial charge in [0, 0.05) is 4.47 Å². The topological polar surface area (TPSA) is 46.5 Å². The SMILES string of the molecule is O=C(O)COc1c(F)cc(Br)cc1F. The molecule has 0 aliphatic carbocycles. The van der Waals surface area contributed by atoms with Gasteiger partial charge in [-0.3, -0.25) is 0 Å².